The van der Waals surface area contributed by atoms with Gasteiger partial charge in [-0.05, 0) is 19.3 Å². The molecule has 1 heterocycles. The van der Waals surface area contributed by atoms with Crippen LogP contribution in [0, 0.1) is 0 Å². The molecular weight excluding hydrogens is 112 g/mol. The van der Waals surface area contributed by atoms with Gasteiger partial charge < -0.3 is 4.74 Å². The molecule has 1 nitrogen and oxygen atoms in total. The largest absolute Gasteiger partial charge is 0.378 e. The van der Waals surface area contributed by atoms with Crippen molar-refractivity contribution in [2.24, 2.45) is 0 Å². The molecule has 1 aliphatic heterocycles. The SMILES string of the molecule is CC[C@H]1CCCCCO1. The third kappa shape index (κ3) is 2.35. The van der Waals surface area contributed by atoms with E-state index in [0.29, 0.717) is 6.10 Å². The van der Waals surface area contributed by atoms with Crippen molar-refractivity contribution in [3.63, 3.8) is 0 Å². The average Bonchev–Trinajstić information content (AvgIpc) is 2.13. The molecule has 0 amide bonds. The van der Waals surface area contributed by atoms with Gasteiger partial charge in [0, 0.05) is 6.61 Å². The quantitative estimate of drug-likeness (QED) is 0.526. The fourth-order valence-corrected chi connectivity index (χ4v) is 1.31. The Morgan fingerprint density at radius 3 is 3.00 bits per heavy atom. The van der Waals surface area contributed by atoms with E-state index in [0.717, 1.165) is 6.61 Å². The zero-order valence-electron chi connectivity index (χ0n) is 6.23. The molecule has 1 fully saturated rings. The lowest BCUT2D eigenvalue weighted by molar-refractivity contribution is 0.0563. The van der Waals surface area contributed by atoms with E-state index in [9.17, 15) is 0 Å². The van der Waals surface area contributed by atoms with Crippen molar-refractivity contribution in [3.05, 3.63) is 0 Å². The molecule has 0 unspecified atom stereocenters. The Morgan fingerprint density at radius 2 is 2.22 bits per heavy atom. The Labute approximate surface area is 57.4 Å². The van der Waals surface area contributed by atoms with E-state index >= 15 is 0 Å². The Bertz CT molecular complexity index is 63.0. The zero-order chi connectivity index (χ0) is 6.53. The average molecular weight is 128 g/mol. The molecule has 1 aliphatic rings. The molecule has 9 heavy (non-hydrogen) atoms. The van der Waals surface area contributed by atoms with Gasteiger partial charge in [-0.2, -0.15) is 0 Å². The van der Waals surface area contributed by atoms with E-state index in [4.69, 9.17) is 4.74 Å². The maximum absolute atomic E-state index is 5.55. The van der Waals surface area contributed by atoms with Crippen molar-refractivity contribution >= 4 is 0 Å². The van der Waals surface area contributed by atoms with Crippen molar-refractivity contribution in [2.45, 2.75) is 45.1 Å². The predicted molar refractivity (Wildman–Crippen MR) is 38.5 cm³/mol. The highest BCUT2D eigenvalue weighted by Gasteiger charge is 2.08. The van der Waals surface area contributed by atoms with Crippen LogP contribution in [0.25, 0.3) is 0 Å². The second kappa shape index (κ2) is 3.89. The number of ether oxygens (including phenoxy) is 1. The summed E-state index contributed by atoms with van der Waals surface area (Å²) in [7, 11) is 0. The zero-order valence-corrected chi connectivity index (χ0v) is 6.23. The van der Waals surface area contributed by atoms with Gasteiger partial charge in [0.1, 0.15) is 0 Å². The molecule has 0 aromatic rings. The topological polar surface area (TPSA) is 9.23 Å². The van der Waals surface area contributed by atoms with Crippen molar-refractivity contribution in [2.75, 3.05) is 6.61 Å². The van der Waals surface area contributed by atoms with Crippen LogP contribution in [-0.4, -0.2) is 12.7 Å². The molecule has 1 rings (SSSR count). The van der Waals surface area contributed by atoms with Crippen molar-refractivity contribution in [1.29, 1.82) is 0 Å². The van der Waals surface area contributed by atoms with Gasteiger partial charge in [-0.15, -0.1) is 0 Å². The highest BCUT2D eigenvalue weighted by molar-refractivity contribution is 4.59. The second-order valence-electron chi connectivity index (χ2n) is 2.75. The number of hydrogen-bond acceptors (Lipinski definition) is 1. The summed E-state index contributed by atoms with van der Waals surface area (Å²) in [5, 5.41) is 0. The lowest BCUT2D eigenvalue weighted by Gasteiger charge is -2.10. The van der Waals surface area contributed by atoms with Crippen molar-refractivity contribution in [3.8, 4) is 0 Å². The van der Waals surface area contributed by atoms with Gasteiger partial charge >= 0.3 is 0 Å². The van der Waals surface area contributed by atoms with Gasteiger partial charge in [-0.25, -0.2) is 0 Å². The summed E-state index contributed by atoms with van der Waals surface area (Å²) in [6, 6.07) is 0. The lowest BCUT2D eigenvalue weighted by Crippen LogP contribution is -2.08. The van der Waals surface area contributed by atoms with Crippen molar-refractivity contribution < 1.29 is 4.74 Å². The van der Waals surface area contributed by atoms with E-state index in [2.05, 4.69) is 6.92 Å². The van der Waals surface area contributed by atoms with Crippen LogP contribution in [0.15, 0.2) is 0 Å². The Hall–Kier alpha value is -0.0400. The summed E-state index contributed by atoms with van der Waals surface area (Å²) in [5.74, 6) is 0. The van der Waals surface area contributed by atoms with Gasteiger partial charge in [0.25, 0.3) is 0 Å². The third-order valence-corrected chi connectivity index (χ3v) is 1.98. The van der Waals surface area contributed by atoms with Gasteiger partial charge in [-0.3, -0.25) is 0 Å². The lowest BCUT2D eigenvalue weighted by atomic mass is 10.1. The molecule has 1 saturated heterocycles. The molecule has 54 valence electrons. The second-order valence-corrected chi connectivity index (χ2v) is 2.75. The van der Waals surface area contributed by atoms with Crippen LogP contribution in [0.2, 0.25) is 0 Å². The molecule has 1 atom stereocenters. The van der Waals surface area contributed by atoms with Gasteiger partial charge in [-0.1, -0.05) is 19.8 Å². The fraction of sp³-hybridized carbons (Fsp3) is 1.00. The van der Waals surface area contributed by atoms with Gasteiger partial charge in [0.05, 0.1) is 6.10 Å². The summed E-state index contributed by atoms with van der Waals surface area (Å²) < 4.78 is 5.55. The summed E-state index contributed by atoms with van der Waals surface area (Å²) in [6.45, 7) is 3.20. The van der Waals surface area contributed by atoms with Crippen LogP contribution >= 0.6 is 0 Å². The number of rotatable bonds is 1. The maximum Gasteiger partial charge on any atom is 0.0572 e. The molecule has 1 heteroatoms. The smallest absolute Gasteiger partial charge is 0.0572 e. The number of hydrogen-bond donors (Lipinski definition) is 0. The molecule has 0 aromatic carbocycles. The van der Waals surface area contributed by atoms with Crippen LogP contribution in [0.3, 0.4) is 0 Å². The molecule has 0 saturated carbocycles. The minimum absolute atomic E-state index is 0.576. The summed E-state index contributed by atoms with van der Waals surface area (Å²) >= 11 is 0. The normalized spacial score (nSPS) is 29.7. The van der Waals surface area contributed by atoms with Crippen LogP contribution < -0.4 is 0 Å². The monoisotopic (exact) mass is 128 g/mol. The Kier molecular flexibility index (Phi) is 3.05. The molecule has 0 spiro atoms. The first-order chi connectivity index (χ1) is 4.43. The van der Waals surface area contributed by atoms with E-state index in [1.807, 2.05) is 0 Å². The predicted octanol–water partition coefficient (Wildman–Crippen LogP) is 2.36. The van der Waals surface area contributed by atoms with Crippen LogP contribution in [-0.2, 0) is 4.74 Å². The first kappa shape index (κ1) is 7.07. The van der Waals surface area contributed by atoms with E-state index < -0.39 is 0 Å². The van der Waals surface area contributed by atoms with Crippen LogP contribution in [0.5, 0.6) is 0 Å². The van der Waals surface area contributed by atoms with Gasteiger partial charge in [0.2, 0.25) is 0 Å². The molecule has 0 aliphatic carbocycles. The fourth-order valence-electron chi connectivity index (χ4n) is 1.31. The first-order valence-electron chi connectivity index (χ1n) is 4.05. The minimum atomic E-state index is 0.576. The minimum Gasteiger partial charge on any atom is -0.378 e. The molecule has 0 bridgehead atoms. The highest BCUT2D eigenvalue weighted by Crippen LogP contribution is 2.14. The van der Waals surface area contributed by atoms with E-state index in [1.54, 1.807) is 0 Å². The van der Waals surface area contributed by atoms with E-state index in [-0.39, 0.29) is 0 Å². The van der Waals surface area contributed by atoms with Crippen molar-refractivity contribution in [1.82, 2.24) is 0 Å². The van der Waals surface area contributed by atoms with E-state index in [1.165, 1.54) is 32.1 Å². The molecule has 0 aromatic heterocycles. The third-order valence-electron chi connectivity index (χ3n) is 1.98. The summed E-state index contributed by atoms with van der Waals surface area (Å²) in [6.07, 6.45) is 7.08. The molecule has 0 radical (unpaired) electrons. The molecular formula is C8H16O. The van der Waals surface area contributed by atoms with Crippen LogP contribution in [0.4, 0.5) is 0 Å². The summed E-state index contributed by atoms with van der Waals surface area (Å²) in [4.78, 5) is 0. The van der Waals surface area contributed by atoms with Crippen LogP contribution in [0.1, 0.15) is 39.0 Å². The maximum atomic E-state index is 5.55. The summed E-state index contributed by atoms with van der Waals surface area (Å²) in [5.41, 5.74) is 0. The standard InChI is InChI=1S/C8H16O/c1-2-8-6-4-3-5-7-9-8/h8H,2-7H2,1H3/t8-/m0/s1. The Balaban J connectivity index is 2.18. The Morgan fingerprint density at radius 1 is 1.33 bits per heavy atom. The molecule has 0 N–H and O–H groups in total. The highest BCUT2D eigenvalue weighted by atomic mass is 16.5. The first-order valence-corrected chi connectivity index (χ1v) is 4.05. The van der Waals surface area contributed by atoms with Gasteiger partial charge in [0.15, 0.2) is 0 Å².